The van der Waals surface area contributed by atoms with Gasteiger partial charge in [-0.25, -0.2) is 0 Å². The van der Waals surface area contributed by atoms with Crippen LogP contribution in [0.1, 0.15) is 55.4 Å². The van der Waals surface area contributed by atoms with Gasteiger partial charge in [-0.3, -0.25) is 0 Å². The highest BCUT2D eigenvalue weighted by atomic mass is 16.3. The molecule has 8 N–H and O–H groups in total. The van der Waals surface area contributed by atoms with E-state index in [4.69, 9.17) is 31.9 Å². The first-order chi connectivity index (χ1) is 8.68. The van der Waals surface area contributed by atoms with Gasteiger partial charge in [0, 0.05) is 30.9 Å². The summed E-state index contributed by atoms with van der Waals surface area (Å²) >= 11 is 0. The minimum absolute atomic E-state index is 0.167. The lowest BCUT2D eigenvalue weighted by molar-refractivity contribution is 0.0549. The van der Waals surface area contributed by atoms with Crippen molar-refractivity contribution < 1.29 is 20.4 Å². The second-order valence-electron chi connectivity index (χ2n) is 5.78. The van der Waals surface area contributed by atoms with Crippen molar-refractivity contribution in [1.82, 2.24) is 0 Å². The van der Waals surface area contributed by atoms with E-state index in [9.17, 15) is 0 Å². The second-order valence-corrected chi connectivity index (χ2v) is 5.78. The Labute approximate surface area is 124 Å². The van der Waals surface area contributed by atoms with Crippen molar-refractivity contribution >= 4 is 0 Å². The van der Waals surface area contributed by atoms with Gasteiger partial charge in [0.05, 0.1) is 5.60 Å². The molecule has 0 saturated carbocycles. The summed E-state index contributed by atoms with van der Waals surface area (Å²) in [4.78, 5) is 0. The molecular weight excluding hydrogens is 260 g/mol. The van der Waals surface area contributed by atoms with E-state index in [1.807, 2.05) is 0 Å². The van der Waals surface area contributed by atoms with E-state index in [0.717, 1.165) is 0 Å². The average Bonchev–Trinajstić information content (AvgIpc) is 2.12. The molecule has 0 aromatic carbocycles. The molecule has 0 heterocycles. The highest BCUT2D eigenvalue weighted by Crippen LogP contribution is 2.03. The van der Waals surface area contributed by atoms with Gasteiger partial charge in [-0.1, -0.05) is 0 Å². The smallest absolute Gasteiger partial charge is 0.0754 e. The lowest BCUT2D eigenvalue weighted by Gasteiger charge is -2.23. The zero-order chi connectivity index (χ0) is 17.5. The number of nitrogens with two attached hydrogens (primary N) is 2. The van der Waals surface area contributed by atoms with Gasteiger partial charge in [0.25, 0.3) is 0 Å². The number of hydrogen-bond acceptors (Lipinski definition) is 6. The lowest BCUT2D eigenvalue weighted by atomic mass is 10.0. The molecule has 1 unspecified atom stereocenters. The van der Waals surface area contributed by atoms with Gasteiger partial charge in [0.2, 0.25) is 0 Å². The van der Waals surface area contributed by atoms with Crippen LogP contribution in [-0.4, -0.2) is 56.9 Å². The molecule has 0 saturated heterocycles. The second kappa shape index (κ2) is 16.8. The first-order valence-electron chi connectivity index (χ1n) is 6.90. The molecule has 0 aliphatic carbocycles. The van der Waals surface area contributed by atoms with Crippen LogP contribution in [0.3, 0.4) is 0 Å². The maximum atomic E-state index is 9.08. The Morgan fingerprint density at radius 1 is 0.800 bits per heavy atom. The number of hydrogen-bond donors (Lipinski definition) is 6. The van der Waals surface area contributed by atoms with Gasteiger partial charge in [0.15, 0.2) is 0 Å². The van der Waals surface area contributed by atoms with E-state index in [2.05, 4.69) is 0 Å². The van der Waals surface area contributed by atoms with Crippen LogP contribution in [0.2, 0.25) is 0 Å². The molecule has 6 nitrogen and oxygen atoms in total. The fourth-order valence-electron chi connectivity index (χ4n) is 0.288. The Kier molecular flexibility index (Phi) is 23.5. The van der Waals surface area contributed by atoms with Crippen molar-refractivity contribution in [2.45, 2.75) is 85.3 Å². The molecule has 0 rings (SSSR count). The summed E-state index contributed by atoms with van der Waals surface area (Å²) in [5.41, 5.74) is 9.71. The van der Waals surface area contributed by atoms with Crippen LogP contribution < -0.4 is 11.5 Å². The lowest BCUT2D eigenvalue weighted by Crippen LogP contribution is -2.47. The summed E-state index contributed by atoms with van der Waals surface area (Å²) in [5.74, 6) is 0. The summed E-state index contributed by atoms with van der Waals surface area (Å²) < 4.78 is 0. The summed E-state index contributed by atoms with van der Waals surface area (Å²) in [6.07, 6.45) is -0.500. The predicted octanol–water partition coefficient (Wildman–Crippen LogP) is 0.205. The predicted molar refractivity (Wildman–Crippen MR) is 85.4 cm³/mol. The van der Waals surface area contributed by atoms with Crippen LogP contribution in [0.15, 0.2) is 0 Å². The first kappa shape index (κ1) is 28.0. The highest BCUT2D eigenvalue weighted by molar-refractivity contribution is 4.80. The standard InChI is InChI=1S/C5H14N2O.3C3H8O/c1-5(2,8)4(7)3-6;3*1-3(2)4/h4,8H,3,6-7H2,1-2H3;3*3-4H,1-2H3. The van der Waals surface area contributed by atoms with Gasteiger partial charge in [-0.15, -0.1) is 0 Å². The van der Waals surface area contributed by atoms with Gasteiger partial charge < -0.3 is 31.9 Å². The molecule has 1 atom stereocenters. The van der Waals surface area contributed by atoms with Crippen molar-refractivity contribution in [2.75, 3.05) is 6.54 Å². The van der Waals surface area contributed by atoms with E-state index in [0.29, 0.717) is 6.54 Å². The Hall–Kier alpha value is -0.240. The van der Waals surface area contributed by atoms with E-state index in [-0.39, 0.29) is 24.4 Å². The number of aliphatic hydroxyl groups is 4. The quantitative estimate of drug-likeness (QED) is 0.431. The summed E-state index contributed by atoms with van der Waals surface area (Å²) in [6, 6.07) is -0.317. The maximum absolute atomic E-state index is 9.08. The molecule has 0 aliphatic heterocycles. The molecule has 0 spiro atoms. The summed E-state index contributed by atoms with van der Waals surface area (Å²) in [5, 5.41) is 33.2. The number of rotatable bonds is 2. The normalized spacial score (nSPS) is 11.8. The molecule has 0 aromatic heterocycles. The molecule has 0 fully saturated rings. The van der Waals surface area contributed by atoms with Crippen molar-refractivity contribution in [3.63, 3.8) is 0 Å². The van der Waals surface area contributed by atoms with Crippen LogP contribution in [0.4, 0.5) is 0 Å². The summed E-state index contributed by atoms with van der Waals surface area (Å²) in [6.45, 7) is 13.9. The van der Waals surface area contributed by atoms with Crippen molar-refractivity contribution in [3.8, 4) is 0 Å². The molecule has 0 bridgehead atoms. The van der Waals surface area contributed by atoms with E-state index in [1.165, 1.54) is 0 Å². The molecule has 128 valence electrons. The van der Waals surface area contributed by atoms with Crippen LogP contribution >= 0.6 is 0 Å². The molecular formula is C14H38N2O4. The summed E-state index contributed by atoms with van der Waals surface area (Å²) in [7, 11) is 0. The van der Waals surface area contributed by atoms with E-state index in [1.54, 1.807) is 55.4 Å². The molecule has 0 aromatic rings. The Morgan fingerprint density at radius 3 is 0.950 bits per heavy atom. The van der Waals surface area contributed by atoms with Crippen molar-refractivity contribution in [1.29, 1.82) is 0 Å². The Morgan fingerprint density at radius 2 is 0.950 bits per heavy atom. The average molecular weight is 298 g/mol. The zero-order valence-corrected chi connectivity index (χ0v) is 14.5. The molecule has 0 aliphatic rings. The zero-order valence-electron chi connectivity index (χ0n) is 14.5. The first-order valence-corrected chi connectivity index (χ1v) is 6.90. The van der Waals surface area contributed by atoms with Gasteiger partial charge in [0.1, 0.15) is 0 Å². The van der Waals surface area contributed by atoms with Gasteiger partial charge in [-0.2, -0.15) is 0 Å². The fraction of sp³-hybridized carbons (Fsp3) is 1.00. The molecule has 0 amide bonds. The Balaban J connectivity index is -0.0000000917. The van der Waals surface area contributed by atoms with Crippen molar-refractivity contribution in [2.24, 2.45) is 11.5 Å². The van der Waals surface area contributed by atoms with Crippen LogP contribution in [-0.2, 0) is 0 Å². The molecule has 20 heavy (non-hydrogen) atoms. The monoisotopic (exact) mass is 298 g/mol. The van der Waals surface area contributed by atoms with Gasteiger partial charge in [-0.05, 0) is 55.4 Å². The minimum Gasteiger partial charge on any atom is -0.394 e. The topological polar surface area (TPSA) is 133 Å². The molecule has 6 heteroatoms. The largest absolute Gasteiger partial charge is 0.394 e. The van der Waals surface area contributed by atoms with E-state index < -0.39 is 5.60 Å². The minimum atomic E-state index is -0.839. The van der Waals surface area contributed by atoms with Crippen LogP contribution in [0.5, 0.6) is 0 Å². The third-order valence-electron chi connectivity index (χ3n) is 1.16. The van der Waals surface area contributed by atoms with E-state index >= 15 is 0 Å². The highest BCUT2D eigenvalue weighted by Gasteiger charge is 2.20. The number of aliphatic hydroxyl groups excluding tert-OH is 3. The van der Waals surface area contributed by atoms with Crippen molar-refractivity contribution in [3.05, 3.63) is 0 Å². The van der Waals surface area contributed by atoms with Gasteiger partial charge >= 0.3 is 0 Å². The third-order valence-corrected chi connectivity index (χ3v) is 1.16. The fourth-order valence-corrected chi connectivity index (χ4v) is 0.288. The van der Waals surface area contributed by atoms with Crippen LogP contribution in [0, 0.1) is 0 Å². The Bertz CT molecular complexity index is 147. The SMILES string of the molecule is CC(C)(O)C(N)CN.CC(C)O.CC(C)O.CC(C)O. The molecule has 0 radical (unpaired) electrons. The maximum Gasteiger partial charge on any atom is 0.0754 e. The van der Waals surface area contributed by atoms with Crippen LogP contribution in [0.25, 0.3) is 0 Å². The third kappa shape index (κ3) is 82.8.